The summed E-state index contributed by atoms with van der Waals surface area (Å²) in [5, 5.41) is 26.4. The van der Waals surface area contributed by atoms with Crippen LogP contribution in [-0.2, 0) is 4.79 Å². The topological polar surface area (TPSA) is 121 Å². The third-order valence-corrected chi connectivity index (χ3v) is 1.88. The van der Waals surface area contributed by atoms with Crippen molar-refractivity contribution in [3.63, 3.8) is 0 Å². The Bertz CT molecular complexity index is 415. The average molecular weight is 211 g/mol. The standard InChI is InChI=1S/C9H9NO5/c10-7(9(14)15)4-1-2-6(11)5(3-4)8(12)13/h1-3,7,11H,10H2,(H,12,13)(H,14,15). The molecule has 0 aliphatic rings. The van der Waals surface area contributed by atoms with Gasteiger partial charge in [-0.3, -0.25) is 4.79 Å². The number of carbonyl (C=O) groups is 2. The maximum Gasteiger partial charge on any atom is 0.339 e. The lowest BCUT2D eigenvalue weighted by atomic mass is 10.0. The highest BCUT2D eigenvalue weighted by atomic mass is 16.4. The molecule has 1 rings (SSSR count). The maximum atomic E-state index is 10.6. The minimum absolute atomic E-state index is 0.123. The molecule has 0 radical (unpaired) electrons. The summed E-state index contributed by atoms with van der Waals surface area (Å²) in [6, 6.07) is 2.10. The molecular formula is C9H9NO5. The number of carboxylic acids is 2. The molecule has 0 aliphatic carbocycles. The molecule has 0 aliphatic heterocycles. The molecule has 1 atom stereocenters. The van der Waals surface area contributed by atoms with Crippen LogP contribution in [0.3, 0.4) is 0 Å². The van der Waals surface area contributed by atoms with E-state index in [1.54, 1.807) is 0 Å². The summed E-state index contributed by atoms with van der Waals surface area (Å²) in [4.78, 5) is 21.1. The Morgan fingerprint density at radius 1 is 1.27 bits per heavy atom. The van der Waals surface area contributed by atoms with E-state index in [0.717, 1.165) is 12.1 Å². The predicted octanol–water partition coefficient (Wildman–Crippen LogP) is 0.175. The van der Waals surface area contributed by atoms with Crippen LogP contribution in [0.1, 0.15) is 22.0 Å². The van der Waals surface area contributed by atoms with Gasteiger partial charge in [-0.25, -0.2) is 4.79 Å². The first-order valence-corrected chi connectivity index (χ1v) is 3.98. The van der Waals surface area contributed by atoms with Crippen molar-refractivity contribution in [3.8, 4) is 5.75 Å². The summed E-state index contributed by atoms with van der Waals surface area (Å²) in [7, 11) is 0. The van der Waals surface area contributed by atoms with E-state index >= 15 is 0 Å². The number of rotatable bonds is 3. The van der Waals surface area contributed by atoms with Gasteiger partial charge in [0.15, 0.2) is 0 Å². The second kappa shape index (κ2) is 3.97. The first kappa shape index (κ1) is 11.0. The van der Waals surface area contributed by atoms with E-state index in [2.05, 4.69) is 0 Å². The number of aliphatic carboxylic acids is 1. The number of phenols is 1. The summed E-state index contributed by atoms with van der Waals surface area (Å²) in [6.45, 7) is 0. The summed E-state index contributed by atoms with van der Waals surface area (Å²) in [5.74, 6) is -3.03. The van der Waals surface area contributed by atoms with E-state index in [4.69, 9.17) is 21.1 Å². The normalized spacial score (nSPS) is 12.1. The van der Waals surface area contributed by atoms with E-state index in [-0.39, 0.29) is 11.1 Å². The third-order valence-electron chi connectivity index (χ3n) is 1.88. The average Bonchev–Trinajstić information content (AvgIpc) is 2.16. The molecule has 6 nitrogen and oxygen atoms in total. The Morgan fingerprint density at radius 3 is 2.33 bits per heavy atom. The molecule has 0 heterocycles. The summed E-state index contributed by atoms with van der Waals surface area (Å²) < 4.78 is 0. The number of aromatic carboxylic acids is 1. The van der Waals surface area contributed by atoms with E-state index in [1.807, 2.05) is 0 Å². The monoisotopic (exact) mass is 211 g/mol. The molecular weight excluding hydrogens is 202 g/mol. The minimum Gasteiger partial charge on any atom is -0.507 e. The number of benzene rings is 1. The fourth-order valence-corrected chi connectivity index (χ4v) is 1.06. The molecule has 0 bridgehead atoms. The number of hydrogen-bond acceptors (Lipinski definition) is 4. The Labute approximate surface area is 84.6 Å². The summed E-state index contributed by atoms with van der Waals surface area (Å²) >= 11 is 0. The van der Waals surface area contributed by atoms with Crippen LogP contribution in [-0.4, -0.2) is 27.3 Å². The number of carboxylic acid groups (broad SMARTS) is 2. The highest BCUT2D eigenvalue weighted by molar-refractivity contribution is 5.91. The second-order valence-corrected chi connectivity index (χ2v) is 2.90. The Balaban J connectivity index is 3.18. The molecule has 6 heteroatoms. The lowest BCUT2D eigenvalue weighted by Crippen LogP contribution is -2.20. The fourth-order valence-electron chi connectivity index (χ4n) is 1.06. The fraction of sp³-hybridized carbons (Fsp3) is 0.111. The molecule has 80 valence electrons. The molecule has 0 saturated carbocycles. The molecule has 15 heavy (non-hydrogen) atoms. The van der Waals surface area contributed by atoms with E-state index in [1.165, 1.54) is 6.07 Å². The third kappa shape index (κ3) is 2.23. The molecule has 1 unspecified atom stereocenters. The van der Waals surface area contributed by atoms with Crippen LogP contribution >= 0.6 is 0 Å². The van der Waals surface area contributed by atoms with Crippen LogP contribution in [0.2, 0.25) is 0 Å². The van der Waals surface area contributed by atoms with Crippen LogP contribution in [0.4, 0.5) is 0 Å². The van der Waals surface area contributed by atoms with Gasteiger partial charge in [0.25, 0.3) is 0 Å². The van der Waals surface area contributed by atoms with Crippen LogP contribution < -0.4 is 5.73 Å². The lowest BCUT2D eigenvalue weighted by Gasteiger charge is -2.08. The predicted molar refractivity (Wildman–Crippen MR) is 49.6 cm³/mol. The van der Waals surface area contributed by atoms with Gasteiger partial charge in [-0.1, -0.05) is 6.07 Å². The molecule has 1 aromatic carbocycles. The van der Waals surface area contributed by atoms with Crippen molar-refractivity contribution in [2.45, 2.75) is 6.04 Å². The van der Waals surface area contributed by atoms with Gasteiger partial charge >= 0.3 is 11.9 Å². The van der Waals surface area contributed by atoms with E-state index in [0.29, 0.717) is 0 Å². The second-order valence-electron chi connectivity index (χ2n) is 2.90. The Hall–Kier alpha value is -2.08. The maximum absolute atomic E-state index is 10.6. The van der Waals surface area contributed by atoms with Crippen molar-refractivity contribution in [1.29, 1.82) is 0 Å². The number of nitrogens with two attached hydrogens (primary N) is 1. The molecule has 0 amide bonds. The van der Waals surface area contributed by atoms with Gasteiger partial charge in [0.05, 0.1) is 0 Å². The van der Waals surface area contributed by atoms with Gasteiger partial charge in [-0.15, -0.1) is 0 Å². The zero-order valence-corrected chi connectivity index (χ0v) is 7.54. The lowest BCUT2D eigenvalue weighted by molar-refractivity contribution is -0.138. The zero-order chi connectivity index (χ0) is 11.6. The highest BCUT2D eigenvalue weighted by Crippen LogP contribution is 2.21. The zero-order valence-electron chi connectivity index (χ0n) is 7.54. The van der Waals surface area contributed by atoms with Gasteiger partial charge < -0.3 is 21.1 Å². The molecule has 1 aromatic rings. The largest absolute Gasteiger partial charge is 0.507 e. The highest BCUT2D eigenvalue weighted by Gasteiger charge is 2.17. The quantitative estimate of drug-likeness (QED) is 0.565. The summed E-state index contributed by atoms with van der Waals surface area (Å²) in [6.07, 6.45) is 0. The summed E-state index contributed by atoms with van der Waals surface area (Å²) in [5.41, 5.74) is 5.03. The first-order valence-electron chi connectivity index (χ1n) is 3.98. The van der Waals surface area contributed by atoms with Crippen molar-refractivity contribution in [1.82, 2.24) is 0 Å². The number of hydrogen-bond donors (Lipinski definition) is 4. The molecule has 0 fully saturated rings. The van der Waals surface area contributed by atoms with Gasteiger partial charge in [-0.2, -0.15) is 0 Å². The van der Waals surface area contributed by atoms with Gasteiger partial charge in [0.1, 0.15) is 17.4 Å². The van der Waals surface area contributed by atoms with Gasteiger partial charge in [0, 0.05) is 0 Å². The molecule has 5 N–H and O–H groups in total. The van der Waals surface area contributed by atoms with Gasteiger partial charge in [-0.05, 0) is 17.7 Å². The Kier molecular flexibility index (Phi) is 2.91. The van der Waals surface area contributed by atoms with Crippen LogP contribution in [0, 0.1) is 0 Å². The smallest absolute Gasteiger partial charge is 0.339 e. The van der Waals surface area contributed by atoms with Crippen molar-refractivity contribution in [2.75, 3.05) is 0 Å². The van der Waals surface area contributed by atoms with Crippen LogP contribution in [0.25, 0.3) is 0 Å². The molecule has 0 aromatic heterocycles. The van der Waals surface area contributed by atoms with E-state index < -0.39 is 23.7 Å². The first-order chi connectivity index (χ1) is 6.93. The van der Waals surface area contributed by atoms with Crippen molar-refractivity contribution >= 4 is 11.9 Å². The van der Waals surface area contributed by atoms with Gasteiger partial charge in [0.2, 0.25) is 0 Å². The van der Waals surface area contributed by atoms with Crippen LogP contribution in [0.5, 0.6) is 5.75 Å². The van der Waals surface area contributed by atoms with Crippen LogP contribution in [0.15, 0.2) is 18.2 Å². The van der Waals surface area contributed by atoms with Crippen molar-refractivity contribution in [2.24, 2.45) is 5.73 Å². The number of aromatic hydroxyl groups is 1. The van der Waals surface area contributed by atoms with Crippen molar-refractivity contribution < 1.29 is 24.9 Å². The van der Waals surface area contributed by atoms with Crippen molar-refractivity contribution in [3.05, 3.63) is 29.3 Å². The Morgan fingerprint density at radius 2 is 1.87 bits per heavy atom. The molecule has 0 saturated heterocycles. The van der Waals surface area contributed by atoms with E-state index in [9.17, 15) is 9.59 Å². The SMILES string of the molecule is NC(C(=O)O)c1ccc(O)c(C(=O)O)c1. The minimum atomic E-state index is -1.34. The molecule has 0 spiro atoms.